The summed E-state index contributed by atoms with van der Waals surface area (Å²) >= 11 is 0. The maximum Gasteiger partial charge on any atom is 0.310 e. The summed E-state index contributed by atoms with van der Waals surface area (Å²) in [5, 5.41) is 11.9. The first-order valence-corrected chi connectivity index (χ1v) is 5.52. The molecule has 1 atom stereocenters. The summed E-state index contributed by atoms with van der Waals surface area (Å²) in [5.74, 6) is 0.0524. The highest BCUT2D eigenvalue weighted by molar-refractivity contribution is 5.73. The van der Waals surface area contributed by atoms with E-state index in [1.165, 1.54) is 14.2 Å². The number of nitriles is 1. The number of anilines is 1. The SMILES string of the molecule is COC(=O)C(C)CNc1ccc(C#N)cc1OC. The topological polar surface area (TPSA) is 71.3 Å². The highest BCUT2D eigenvalue weighted by atomic mass is 16.5. The third kappa shape index (κ3) is 3.39. The number of nitrogens with zero attached hydrogens (tertiary/aromatic N) is 1. The molecule has 0 amide bonds. The lowest BCUT2D eigenvalue weighted by Crippen LogP contribution is -2.21. The van der Waals surface area contributed by atoms with Crippen molar-refractivity contribution in [2.24, 2.45) is 5.92 Å². The number of benzene rings is 1. The second-order valence-corrected chi connectivity index (χ2v) is 3.83. The first-order chi connectivity index (χ1) is 8.62. The van der Waals surface area contributed by atoms with E-state index in [-0.39, 0.29) is 11.9 Å². The molecule has 0 aliphatic heterocycles. The molecule has 1 unspecified atom stereocenters. The van der Waals surface area contributed by atoms with Crippen LogP contribution in [0.25, 0.3) is 0 Å². The predicted molar refractivity (Wildman–Crippen MR) is 67.4 cm³/mol. The second-order valence-electron chi connectivity index (χ2n) is 3.83. The Morgan fingerprint density at radius 1 is 1.50 bits per heavy atom. The van der Waals surface area contributed by atoms with E-state index in [1.54, 1.807) is 25.1 Å². The molecule has 1 aromatic carbocycles. The number of carbonyl (C=O) groups is 1. The molecule has 0 fully saturated rings. The average molecular weight is 248 g/mol. The van der Waals surface area contributed by atoms with Gasteiger partial charge in [0.2, 0.25) is 0 Å². The van der Waals surface area contributed by atoms with Crippen LogP contribution in [0, 0.1) is 17.2 Å². The summed E-state index contributed by atoms with van der Waals surface area (Å²) in [6.07, 6.45) is 0. The summed E-state index contributed by atoms with van der Waals surface area (Å²) in [4.78, 5) is 11.3. The van der Waals surface area contributed by atoms with E-state index in [1.807, 2.05) is 6.07 Å². The number of hydrogen-bond acceptors (Lipinski definition) is 5. The Morgan fingerprint density at radius 2 is 2.22 bits per heavy atom. The van der Waals surface area contributed by atoms with E-state index >= 15 is 0 Å². The molecule has 0 saturated heterocycles. The van der Waals surface area contributed by atoms with Crippen LogP contribution in [0.15, 0.2) is 18.2 Å². The predicted octanol–water partition coefficient (Wildman–Crippen LogP) is 1.79. The molecule has 0 bridgehead atoms. The van der Waals surface area contributed by atoms with Crippen molar-refractivity contribution in [2.45, 2.75) is 6.92 Å². The third-order valence-corrected chi connectivity index (χ3v) is 2.53. The minimum atomic E-state index is -0.268. The highest BCUT2D eigenvalue weighted by Gasteiger charge is 2.13. The molecule has 1 N–H and O–H groups in total. The van der Waals surface area contributed by atoms with Gasteiger partial charge in [-0.1, -0.05) is 6.92 Å². The fourth-order valence-corrected chi connectivity index (χ4v) is 1.45. The minimum absolute atomic E-state index is 0.254. The maximum atomic E-state index is 11.3. The van der Waals surface area contributed by atoms with Crippen molar-refractivity contribution < 1.29 is 14.3 Å². The molecule has 96 valence electrons. The number of methoxy groups -OCH3 is 2. The molecule has 0 saturated carbocycles. The summed E-state index contributed by atoms with van der Waals surface area (Å²) in [7, 11) is 2.90. The van der Waals surface area contributed by atoms with Crippen molar-refractivity contribution in [1.82, 2.24) is 0 Å². The van der Waals surface area contributed by atoms with E-state index < -0.39 is 0 Å². The van der Waals surface area contributed by atoms with Crippen molar-refractivity contribution >= 4 is 11.7 Å². The van der Waals surface area contributed by atoms with Gasteiger partial charge in [0.25, 0.3) is 0 Å². The Bertz CT molecular complexity index is 466. The van der Waals surface area contributed by atoms with Crippen molar-refractivity contribution in [2.75, 3.05) is 26.1 Å². The number of hydrogen-bond donors (Lipinski definition) is 1. The van der Waals surface area contributed by atoms with Crippen LogP contribution < -0.4 is 10.1 Å². The van der Waals surface area contributed by atoms with Gasteiger partial charge in [-0.15, -0.1) is 0 Å². The average Bonchev–Trinajstić information content (AvgIpc) is 2.43. The Morgan fingerprint density at radius 3 is 2.78 bits per heavy atom. The van der Waals surface area contributed by atoms with E-state index in [0.717, 1.165) is 5.69 Å². The van der Waals surface area contributed by atoms with Crippen molar-refractivity contribution in [3.05, 3.63) is 23.8 Å². The summed E-state index contributed by atoms with van der Waals surface area (Å²) in [6, 6.07) is 7.12. The highest BCUT2D eigenvalue weighted by Crippen LogP contribution is 2.25. The Kier molecular flexibility index (Phi) is 5.00. The lowest BCUT2D eigenvalue weighted by molar-refractivity contribution is -0.144. The summed E-state index contributed by atoms with van der Waals surface area (Å²) in [5.41, 5.74) is 1.27. The van der Waals surface area contributed by atoms with Gasteiger partial charge in [0, 0.05) is 12.6 Å². The second kappa shape index (κ2) is 6.50. The molecule has 0 aliphatic rings. The van der Waals surface area contributed by atoms with Crippen LogP contribution in [-0.4, -0.2) is 26.7 Å². The van der Waals surface area contributed by atoms with Gasteiger partial charge in [-0.2, -0.15) is 5.26 Å². The molecule has 0 aliphatic carbocycles. The molecular formula is C13H16N2O3. The number of esters is 1. The van der Waals surface area contributed by atoms with Crippen LogP contribution in [0.1, 0.15) is 12.5 Å². The van der Waals surface area contributed by atoms with Crippen LogP contribution in [0.4, 0.5) is 5.69 Å². The van der Waals surface area contributed by atoms with Crippen LogP contribution in [-0.2, 0) is 9.53 Å². The smallest absolute Gasteiger partial charge is 0.310 e. The van der Waals surface area contributed by atoms with Gasteiger partial charge in [0.15, 0.2) is 0 Å². The first-order valence-electron chi connectivity index (χ1n) is 5.52. The fourth-order valence-electron chi connectivity index (χ4n) is 1.45. The van der Waals surface area contributed by atoms with E-state index in [4.69, 9.17) is 10.00 Å². The zero-order valence-electron chi connectivity index (χ0n) is 10.7. The summed E-state index contributed by atoms with van der Waals surface area (Å²) in [6.45, 7) is 2.21. The number of rotatable bonds is 5. The molecule has 0 aromatic heterocycles. The lowest BCUT2D eigenvalue weighted by atomic mass is 10.1. The van der Waals surface area contributed by atoms with Gasteiger partial charge < -0.3 is 14.8 Å². The van der Waals surface area contributed by atoms with Crippen LogP contribution in [0.2, 0.25) is 0 Å². The largest absolute Gasteiger partial charge is 0.495 e. The molecule has 0 spiro atoms. The number of carbonyl (C=O) groups excluding carboxylic acids is 1. The maximum absolute atomic E-state index is 11.3. The normalized spacial score (nSPS) is 11.2. The minimum Gasteiger partial charge on any atom is -0.495 e. The molecule has 0 heterocycles. The van der Waals surface area contributed by atoms with E-state index in [2.05, 4.69) is 10.1 Å². The zero-order chi connectivity index (χ0) is 13.5. The number of nitrogens with one attached hydrogen (secondary N) is 1. The van der Waals surface area contributed by atoms with Gasteiger partial charge >= 0.3 is 5.97 Å². The van der Waals surface area contributed by atoms with Crippen LogP contribution in [0.3, 0.4) is 0 Å². The van der Waals surface area contributed by atoms with Gasteiger partial charge in [0.1, 0.15) is 5.75 Å². The molecular weight excluding hydrogens is 232 g/mol. The van der Waals surface area contributed by atoms with Crippen molar-refractivity contribution in [3.8, 4) is 11.8 Å². The first kappa shape index (κ1) is 13.8. The Balaban J connectivity index is 2.73. The molecule has 18 heavy (non-hydrogen) atoms. The monoisotopic (exact) mass is 248 g/mol. The summed E-state index contributed by atoms with van der Waals surface area (Å²) < 4.78 is 9.82. The molecule has 1 aromatic rings. The van der Waals surface area contributed by atoms with Crippen LogP contribution >= 0.6 is 0 Å². The van der Waals surface area contributed by atoms with E-state index in [0.29, 0.717) is 17.9 Å². The molecule has 1 rings (SSSR count). The van der Waals surface area contributed by atoms with Gasteiger partial charge in [0.05, 0.1) is 37.5 Å². The standard InChI is InChI=1S/C13H16N2O3/c1-9(13(16)18-3)8-15-11-5-4-10(7-14)6-12(11)17-2/h4-6,9,15H,8H2,1-3H3. The molecule has 5 nitrogen and oxygen atoms in total. The van der Waals surface area contributed by atoms with Crippen LogP contribution in [0.5, 0.6) is 5.75 Å². The third-order valence-electron chi connectivity index (χ3n) is 2.53. The van der Waals surface area contributed by atoms with Crippen molar-refractivity contribution in [3.63, 3.8) is 0 Å². The van der Waals surface area contributed by atoms with Gasteiger partial charge in [-0.05, 0) is 12.1 Å². The molecule has 5 heteroatoms. The lowest BCUT2D eigenvalue weighted by Gasteiger charge is -2.14. The van der Waals surface area contributed by atoms with Gasteiger partial charge in [-0.3, -0.25) is 4.79 Å². The number of ether oxygens (including phenoxy) is 2. The Hall–Kier alpha value is -2.22. The fraction of sp³-hybridized carbons (Fsp3) is 0.385. The van der Waals surface area contributed by atoms with E-state index in [9.17, 15) is 4.79 Å². The molecule has 0 radical (unpaired) electrons. The zero-order valence-corrected chi connectivity index (χ0v) is 10.7. The van der Waals surface area contributed by atoms with Gasteiger partial charge in [-0.25, -0.2) is 0 Å². The van der Waals surface area contributed by atoms with Crippen molar-refractivity contribution in [1.29, 1.82) is 5.26 Å². The quantitative estimate of drug-likeness (QED) is 0.804. The Labute approximate surface area is 106 Å².